The summed E-state index contributed by atoms with van der Waals surface area (Å²) in [4.78, 5) is 43.1. The van der Waals surface area contributed by atoms with Crippen LogP contribution in [0.4, 0.5) is 0 Å². The molecule has 2 aromatic rings. The van der Waals surface area contributed by atoms with Crippen LogP contribution >= 0.6 is 0 Å². The monoisotopic (exact) mass is 477 g/mol. The molecule has 2 aromatic carbocycles. The van der Waals surface area contributed by atoms with Crippen molar-refractivity contribution in [1.82, 2.24) is 15.1 Å². The van der Waals surface area contributed by atoms with Crippen molar-refractivity contribution in [2.75, 3.05) is 39.8 Å². The number of para-hydroxylation sites is 1. The van der Waals surface area contributed by atoms with Crippen molar-refractivity contribution < 1.29 is 19.1 Å². The average Bonchev–Trinajstić information content (AvgIpc) is 2.90. The molecule has 3 amide bonds. The molecule has 3 aliphatic rings. The number of piperidine rings is 1. The third kappa shape index (κ3) is 5.84. The molecule has 35 heavy (non-hydrogen) atoms. The fourth-order valence-corrected chi connectivity index (χ4v) is 5.21. The summed E-state index contributed by atoms with van der Waals surface area (Å²) >= 11 is 0. The highest BCUT2D eigenvalue weighted by Gasteiger charge is 2.41. The highest BCUT2D eigenvalue weighted by molar-refractivity contribution is 5.97. The number of amides is 3. The Balaban J connectivity index is 1.56. The molecule has 5 rings (SSSR count). The molecule has 2 bridgehead atoms. The maximum absolute atomic E-state index is 13.3. The molecule has 1 fully saturated rings. The maximum Gasteiger partial charge on any atom is 0.257 e. The summed E-state index contributed by atoms with van der Waals surface area (Å²) in [6.07, 6.45) is 4.03. The van der Waals surface area contributed by atoms with Crippen LogP contribution in [-0.4, -0.2) is 67.4 Å². The summed E-state index contributed by atoms with van der Waals surface area (Å²) in [7, 11) is 1.68. The predicted octanol–water partition coefficient (Wildman–Crippen LogP) is 3.29. The SMILES string of the molecule is CNC(=O)C12CCCCN(C(=O)Cc3ccccc3)CCOc3ccccc3C(=O)N(CC1)CC2. The molecule has 7 heteroatoms. The van der Waals surface area contributed by atoms with Gasteiger partial charge >= 0.3 is 0 Å². The summed E-state index contributed by atoms with van der Waals surface area (Å²) in [5.41, 5.74) is 1.03. The molecule has 0 unspecified atom stereocenters. The lowest BCUT2D eigenvalue weighted by Gasteiger charge is -2.40. The first-order chi connectivity index (χ1) is 17.0. The van der Waals surface area contributed by atoms with Crippen LogP contribution in [0, 0.1) is 5.41 Å². The quantitative estimate of drug-likeness (QED) is 0.736. The van der Waals surface area contributed by atoms with Gasteiger partial charge in [-0.15, -0.1) is 0 Å². The highest BCUT2D eigenvalue weighted by Crippen LogP contribution is 2.38. The van der Waals surface area contributed by atoms with Gasteiger partial charge in [-0.25, -0.2) is 0 Å². The Hall–Kier alpha value is -3.35. The zero-order valence-corrected chi connectivity index (χ0v) is 20.5. The van der Waals surface area contributed by atoms with Gasteiger partial charge in [-0.3, -0.25) is 14.4 Å². The molecular weight excluding hydrogens is 442 g/mol. The van der Waals surface area contributed by atoms with Crippen LogP contribution in [0.5, 0.6) is 5.75 Å². The van der Waals surface area contributed by atoms with Gasteiger partial charge in [-0.05, 0) is 43.4 Å². The van der Waals surface area contributed by atoms with Crippen LogP contribution < -0.4 is 10.1 Å². The number of nitrogens with zero attached hydrogens (tertiary/aromatic N) is 2. The number of rotatable bonds is 3. The smallest absolute Gasteiger partial charge is 0.257 e. The average molecular weight is 478 g/mol. The van der Waals surface area contributed by atoms with E-state index in [0.29, 0.717) is 63.4 Å². The van der Waals surface area contributed by atoms with E-state index in [1.165, 1.54) is 0 Å². The van der Waals surface area contributed by atoms with Crippen molar-refractivity contribution in [3.05, 3.63) is 65.7 Å². The van der Waals surface area contributed by atoms with Crippen LogP contribution in [0.2, 0.25) is 0 Å². The third-order valence-electron chi connectivity index (χ3n) is 7.34. The molecule has 0 aromatic heterocycles. The lowest BCUT2D eigenvalue weighted by atomic mass is 9.73. The van der Waals surface area contributed by atoms with E-state index in [2.05, 4.69) is 5.32 Å². The standard InChI is InChI=1S/C28H35N3O4/c1-29-27(34)28-13-7-8-16-30(25(32)21-22-9-3-2-4-10-22)19-20-35-24-12-6-5-11-23(24)26(33)31(17-14-28)18-15-28/h2-6,9-12H,7-8,13-21H2,1H3,(H,29,34). The second-order valence-corrected chi connectivity index (χ2v) is 9.50. The van der Waals surface area contributed by atoms with Gasteiger partial charge in [0, 0.05) is 26.7 Å². The number of hydrogen-bond donors (Lipinski definition) is 1. The van der Waals surface area contributed by atoms with E-state index in [1.807, 2.05) is 52.3 Å². The number of ether oxygens (including phenoxy) is 1. The lowest BCUT2D eigenvalue weighted by Crippen LogP contribution is -2.49. The number of nitrogens with one attached hydrogen (secondary N) is 1. The van der Waals surface area contributed by atoms with Crippen LogP contribution in [0.1, 0.15) is 48.0 Å². The van der Waals surface area contributed by atoms with Gasteiger partial charge in [0.05, 0.1) is 23.9 Å². The zero-order valence-electron chi connectivity index (χ0n) is 20.5. The lowest BCUT2D eigenvalue weighted by molar-refractivity contribution is -0.134. The van der Waals surface area contributed by atoms with Gasteiger partial charge in [-0.2, -0.15) is 0 Å². The van der Waals surface area contributed by atoms with Gasteiger partial charge in [0.1, 0.15) is 12.4 Å². The zero-order chi connectivity index (χ0) is 24.7. The van der Waals surface area contributed by atoms with Crippen LogP contribution in [0.25, 0.3) is 0 Å². The van der Waals surface area contributed by atoms with Crippen LogP contribution in [-0.2, 0) is 16.0 Å². The summed E-state index contributed by atoms with van der Waals surface area (Å²) in [6.45, 7) is 2.46. The van der Waals surface area contributed by atoms with Crippen molar-refractivity contribution in [3.8, 4) is 5.75 Å². The van der Waals surface area contributed by atoms with E-state index >= 15 is 0 Å². The van der Waals surface area contributed by atoms with Crippen molar-refractivity contribution in [2.24, 2.45) is 5.41 Å². The largest absolute Gasteiger partial charge is 0.491 e. The molecule has 7 nitrogen and oxygen atoms in total. The number of benzene rings is 2. The van der Waals surface area contributed by atoms with E-state index in [4.69, 9.17) is 4.74 Å². The molecule has 1 N–H and O–H groups in total. The number of hydrogen-bond acceptors (Lipinski definition) is 4. The second kappa shape index (κ2) is 11.4. The minimum Gasteiger partial charge on any atom is -0.491 e. The molecule has 0 spiro atoms. The van der Waals surface area contributed by atoms with Gasteiger partial charge < -0.3 is 19.9 Å². The Kier molecular flexibility index (Phi) is 8.06. The van der Waals surface area contributed by atoms with Gasteiger partial charge in [0.15, 0.2) is 0 Å². The molecule has 0 aliphatic carbocycles. The molecule has 1 saturated heterocycles. The van der Waals surface area contributed by atoms with E-state index < -0.39 is 5.41 Å². The predicted molar refractivity (Wildman–Crippen MR) is 134 cm³/mol. The third-order valence-corrected chi connectivity index (χ3v) is 7.34. The van der Waals surface area contributed by atoms with E-state index in [1.54, 1.807) is 19.2 Å². The fourth-order valence-electron chi connectivity index (χ4n) is 5.21. The van der Waals surface area contributed by atoms with Gasteiger partial charge in [0.25, 0.3) is 5.91 Å². The van der Waals surface area contributed by atoms with E-state index in [9.17, 15) is 14.4 Å². The molecule has 0 radical (unpaired) electrons. The Morgan fingerprint density at radius 3 is 2.37 bits per heavy atom. The maximum atomic E-state index is 13.3. The Morgan fingerprint density at radius 1 is 0.914 bits per heavy atom. The number of fused-ring (bicyclic) bond motifs is 9. The minimum absolute atomic E-state index is 0.0506. The molecule has 3 aliphatic heterocycles. The topological polar surface area (TPSA) is 79.0 Å². The first-order valence-electron chi connectivity index (χ1n) is 12.6. The summed E-state index contributed by atoms with van der Waals surface area (Å²) in [5, 5.41) is 2.85. The van der Waals surface area contributed by atoms with Crippen LogP contribution in [0.15, 0.2) is 54.6 Å². The molecule has 3 heterocycles. The van der Waals surface area contributed by atoms with Gasteiger partial charge in [-0.1, -0.05) is 48.9 Å². The Morgan fingerprint density at radius 2 is 1.63 bits per heavy atom. The van der Waals surface area contributed by atoms with E-state index in [0.717, 1.165) is 24.8 Å². The fraction of sp³-hybridized carbons (Fsp3) is 0.464. The summed E-state index contributed by atoms with van der Waals surface area (Å²) in [5.74, 6) is 0.570. The van der Waals surface area contributed by atoms with Crippen LogP contribution in [0.3, 0.4) is 0 Å². The van der Waals surface area contributed by atoms with Crippen molar-refractivity contribution in [3.63, 3.8) is 0 Å². The molecule has 186 valence electrons. The molecule has 0 atom stereocenters. The molecule has 0 saturated carbocycles. The Bertz CT molecular complexity index is 1030. The minimum atomic E-state index is -0.472. The normalized spacial score (nSPS) is 18.6. The second-order valence-electron chi connectivity index (χ2n) is 9.50. The van der Waals surface area contributed by atoms with Crippen molar-refractivity contribution in [1.29, 1.82) is 0 Å². The number of carbonyl (C=O) groups excluding carboxylic acids is 3. The highest BCUT2D eigenvalue weighted by atomic mass is 16.5. The first kappa shape index (κ1) is 24.8. The first-order valence-corrected chi connectivity index (χ1v) is 12.6. The summed E-state index contributed by atoms with van der Waals surface area (Å²) < 4.78 is 6.04. The number of carbonyl (C=O) groups is 3. The van der Waals surface area contributed by atoms with Crippen molar-refractivity contribution in [2.45, 2.75) is 38.5 Å². The summed E-state index contributed by atoms with van der Waals surface area (Å²) in [6, 6.07) is 17.0. The van der Waals surface area contributed by atoms with Crippen molar-refractivity contribution >= 4 is 17.7 Å². The van der Waals surface area contributed by atoms with Gasteiger partial charge in [0.2, 0.25) is 11.8 Å². The Labute approximate surface area is 207 Å². The molecular formula is C28H35N3O4. The van der Waals surface area contributed by atoms with E-state index in [-0.39, 0.29) is 17.7 Å².